The molecule has 0 spiro atoms. The van der Waals surface area contributed by atoms with Gasteiger partial charge < -0.3 is 4.74 Å². The summed E-state index contributed by atoms with van der Waals surface area (Å²) in [6, 6.07) is 20.9. The molecule has 3 aromatic carbocycles. The fourth-order valence-corrected chi connectivity index (χ4v) is 2.42. The first-order chi connectivity index (χ1) is 11.3. The first kappa shape index (κ1) is 14.8. The predicted octanol–water partition coefficient (Wildman–Crippen LogP) is 3.61. The average molecular weight is 304 g/mol. The lowest BCUT2D eigenvalue weighted by Crippen LogP contribution is -2.18. The SMILES string of the molecule is COc1ccccc1/C=N/NC(=O)c1cccc2ccccc12. The van der Waals surface area contributed by atoms with E-state index in [4.69, 9.17) is 4.74 Å². The van der Waals surface area contributed by atoms with Gasteiger partial charge in [-0.15, -0.1) is 0 Å². The molecule has 0 saturated heterocycles. The Morgan fingerprint density at radius 3 is 2.61 bits per heavy atom. The quantitative estimate of drug-likeness (QED) is 0.591. The van der Waals surface area contributed by atoms with E-state index in [1.165, 1.54) is 0 Å². The topological polar surface area (TPSA) is 50.7 Å². The molecule has 0 aliphatic heterocycles. The number of amides is 1. The van der Waals surface area contributed by atoms with Gasteiger partial charge in [0, 0.05) is 11.1 Å². The van der Waals surface area contributed by atoms with Gasteiger partial charge in [-0.3, -0.25) is 4.79 Å². The maximum atomic E-state index is 12.3. The van der Waals surface area contributed by atoms with Crippen molar-refractivity contribution in [1.82, 2.24) is 5.43 Å². The third-order valence-corrected chi connectivity index (χ3v) is 3.54. The zero-order valence-corrected chi connectivity index (χ0v) is 12.7. The number of hydrazone groups is 1. The van der Waals surface area contributed by atoms with Crippen molar-refractivity contribution in [1.29, 1.82) is 0 Å². The van der Waals surface area contributed by atoms with Gasteiger partial charge in [0.25, 0.3) is 5.91 Å². The number of carbonyl (C=O) groups is 1. The summed E-state index contributed by atoms with van der Waals surface area (Å²) in [5.74, 6) is 0.462. The Balaban J connectivity index is 1.80. The van der Waals surface area contributed by atoms with Crippen LogP contribution >= 0.6 is 0 Å². The molecular weight excluding hydrogens is 288 g/mol. The van der Waals surface area contributed by atoms with Gasteiger partial charge in [0.1, 0.15) is 5.75 Å². The number of benzene rings is 3. The number of nitrogens with zero attached hydrogens (tertiary/aromatic N) is 1. The summed E-state index contributed by atoms with van der Waals surface area (Å²) in [7, 11) is 1.60. The summed E-state index contributed by atoms with van der Waals surface area (Å²) in [6.07, 6.45) is 1.57. The maximum absolute atomic E-state index is 12.3. The van der Waals surface area contributed by atoms with Crippen LogP contribution in [-0.4, -0.2) is 19.2 Å². The first-order valence-corrected chi connectivity index (χ1v) is 7.24. The van der Waals surface area contributed by atoms with E-state index in [-0.39, 0.29) is 5.91 Å². The second kappa shape index (κ2) is 6.75. The molecule has 0 unspecified atom stereocenters. The maximum Gasteiger partial charge on any atom is 0.271 e. The summed E-state index contributed by atoms with van der Waals surface area (Å²) < 4.78 is 5.24. The molecule has 0 aromatic heterocycles. The largest absolute Gasteiger partial charge is 0.496 e. The van der Waals surface area contributed by atoms with Crippen LogP contribution in [-0.2, 0) is 0 Å². The zero-order valence-electron chi connectivity index (χ0n) is 12.7. The fraction of sp³-hybridized carbons (Fsp3) is 0.0526. The lowest BCUT2D eigenvalue weighted by Gasteiger charge is -2.05. The van der Waals surface area contributed by atoms with E-state index in [1.807, 2.05) is 60.7 Å². The lowest BCUT2D eigenvalue weighted by atomic mass is 10.0. The second-order valence-electron chi connectivity index (χ2n) is 4.97. The highest BCUT2D eigenvalue weighted by Crippen LogP contribution is 2.18. The zero-order chi connectivity index (χ0) is 16.1. The molecule has 0 fully saturated rings. The molecule has 4 nitrogen and oxygen atoms in total. The van der Waals surface area contributed by atoms with E-state index in [1.54, 1.807) is 19.4 Å². The average Bonchev–Trinajstić information content (AvgIpc) is 2.61. The minimum absolute atomic E-state index is 0.243. The molecule has 1 amide bonds. The lowest BCUT2D eigenvalue weighted by molar-refractivity contribution is 0.0957. The third kappa shape index (κ3) is 3.21. The van der Waals surface area contributed by atoms with Crippen LogP contribution in [0.5, 0.6) is 5.75 Å². The number of para-hydroxylation sites is 1. The molecule has 0 bridgehead atoms. The first-order valence-electron chi connectivity index (χ1n) is 7.24. The number of ether oxygens (including phenoxy) is 1. The Hall–Kier alpha value is -3.14. The van der Waals surface area contributed by atoms with Crippen molar-refractivity contribution in [3.05, 3.63) is 77.9 Å². The van der Waals surface area contributed by atoms with E-state index in [2.05, 4.69) is 10.5 Å². The molecule has 0 radical (unpaired) electrons. The van der Waals surface area contributed by atoms with Crippen molar-refractivity contribution >= 4 is 22.9 Å². The van der Waals surface area contributed by atoms with Crippen LogP contribution in [0.2, 0.25) is 0 Å². The molecule has 0 saturated carbocycles. The van der Waals surface area contributed by atoms with Crippen molar-refractivity contribution in [2.24, 2.45) is 5.10 Å². The van der Waals surface area contributed by atoms with E-state index in [9.17, 15) is 4.79 Å². The molecule has 0 aliphatic carbocycles. The Morgan fingerprint density at radius 2 is 1.74 bits per heavy atom. The van der Waals surface area contributed by atoms with Crippen molar-refractivity contribution in [2.75, 3.05) is 7.11 Å². The Morgan fingerprint density at radius 1 is 1.00 bits per heavy atom. The Labute approximate surface area is 134 Å². The number of hydrogen-bond donors (Lipinski definition) is 1. The number of nitrogens with one attached hydrogen (secondary N) is 1. The molecule has 3 rings (SSSR count). The van der Waals surface area contributed by atoms with Crippen LogP contribution in [0.25, 0.3) is 10.8 Å². The van der Waals surface area contributed by atoms with Crippen molar-refractivity contribution in [3.63, 3.8) is 0 Å². The highest BCUT2D eigenvalue weighted by atomic mass is 16.5. The minimum Gasteiger partial charge on any atom is -0.496 e. The number of methoxy groups -OCH3 is 1. The van der Waals surface area contributed by atoms with E-state index >= 15 is 0 Å². The van der Waals surface area contributed by atoms with Gasteiger partial charge in [-0.2, -0.15) is 5.10 Å². The Kier molecular flexibility index (Phi) is 4.34. The molecule has 0 aliphatic rings. The monoisotopic (exact) mass is 304 g/mol. The van der Waals surface area contributed by atoms with Crippen molar-refractivity contribution < 1.29 is 9.53 Å². The second-order valence-corrected chi connectivity index (χ2v) is 4.97. The number of rotatable bonds is 4. The highest BCUT2D eigenvalue weighted by molar-refractivity contribution is 6.07. The van der Waals surface area contributed by atoms with Gasteiger partial charge >= 0.3 is 0 Å². The van der Waals surface area contributed by atoms with Crippen LogP contribution in [0.1, 0.15) is 15.9 Å². The third-order valence-electron chi connectivity index (χ3n) is 3.54. The van der Waals surface area contributed by atoms with E-state index < -0.39 is 0 Å². The minimum atomic E-state index is -0.243. The van der Waals surface area contributed by atoms with Crippen molar-refractivity contribution in [2.45, 2.75) is 0 Å². The Bertz CT molecular complexity index is 867. The van der Waals surface area contributed by atoms with Gasteiger partial charge in [0.15, 0.2) is 0 Å². The molecule has 0 heterocycles. The van der Waals surface area contributed by atoms with Crippen LogP contribution in [0.3, 0.4) is 0 Å². The molecule has 23 heavy (non-hydrogen) atoms. The molecular formula is C19H16N2O2. The molecule has 4 heteroatoms. The summed E-state index contributed by atoms with van der Waals surface area (Å²) in [6.45, 7) is 0. The van der Waals surface area contributed by atoms with Crippen LogP contribution in [0.4, 0.5) is 0 Å². The number of hydrogen-bond acceptors (Lipinski definition) is 3. The summed E-state index contributed by atoms with van der Waals surface area (Å²) >= 11 is 0. The normalized spacial score (nSPS) is 10.8. The van der Waals surface area contributed by atoms with Gasteiger partial charge in [0.05, 0.1) is 13.3 Å². The smallest absolute Gasteiger partial charge is 0.271 e. The predicted molar refractivity (Wildman–Crippen MR) is 92.0 cm³/mol. The van der Waals surface area contributed by atoms with E-state index in [0.717, 1.165) is 16.3 Å². The molecule has 3 aromatic rings. The number of fused-ring (bicyclic) bond motifs is 1. The number of carbonyl (C=O) groups excluding carboxylic acids is 1. The summed E-state index contributed by atoms with van der Waals surface area (Å²) in [5, 5.41) is 5.95. The van der Waals surface area contributed by atoms with Gasteiger partial charge in [0.2, 0.25) is 0 Å². The molecule has 1 N–H and O–H groups in total. The standard InChI is InChI=1S/C19H16N2O2/c1-23-18-12-5-3-8-15(18)13-20-21-19(22)17-11-6-9-14-7-2-4-10-16(14)17/h2-13H,1H3,(H,21,22)/b20-13+. The highest BCUT2D eigenvalue weighted by Gasteiger charge is 2.08. The summed E-state index contributed by atoms with van der Waals surface area (Å²) in [4.78, 5) is 12.3. The van der Waals surface area contributed by atoms with Crippen LogP contribution in [0, 0.1) is 0 Å². The summed E-state index contributed by atoms with van der Waals surface area (Å²) in [5.41, 5.74) is 3.96. The van der Waals surface area contributed by atoms with Crippen LogP contribution in [0.15, 0.2) is 71.8 Å². The fourth-order valence-electron chi connectivity index (χ4n) is 2.42. The molecule has 114 valence electrons. The van der Waals surface area contributed by atoms with Gasteiger partial charge in [-0.1, -0.05) is 48.5 Å². The van der Waals surface area contributed by atoms with Crippen molar-refractivity contribution in [3.8, 4) is 5.75 Å². The van der Waals surface area contributed by atoms with Gasteiger partial charge in [-0.25, -0.2) is 5.43 Å². The van der Waals surface area contributed by atoms with Gasteiger partial charge in [-0.05, 0) is 29.0 Å². The molecule has 0 atom stereocenters. The van der Waals surface area contributed by atoms with E-state index in [0.29, 0.717) is 11.3 Å². The van der Waals surface area contributed by atoms with Crippen LogP contribution < -0.4 is 10.2 Å².